The van der Waals surface area contributed by atoms with E-state index in [0.717, 1.165) is 49.8 Å². The largest absolute Gasteiger partial charge is 0.497 e. The van der Waals surface area contributed by atoms with E-state index in [9.17, 15) is 13.2 Å². The minimum atomic E-state index is -4.33. The second-order valence-electron chi connectivity index (χ2n) is 7.09. The average Bonchev–Trinajstić information content (AvgIpc) is 2.79. The normalized spacial score (nSPS) is 11.6. The Morgan fingerprint density at radius 3 is 2.38 bits per heavy atom. The molecule has 2 aromatic carbocycles. The molecule has 0 bridgehead atoms. The molecular formula is C24H20F3N3OS. The third-order valence-corrected chi connectivity index (χ3v) is 5.91. The quantitative estimate of drug-likeness (QED) is 0.365. The molecule has 2 heterocycles. The van der Waals surface area contributed by atoms with Gasteiger partial charge in [0, 0.05) is 41.8 Å². The highest BCUT2D eigenvalue weighted by Crippen LogP contribution is 2.32. The van der Waals surface area contributed by atoms with Gasteiger partial charge in [0.25, 0.3) is 0 Å². The summed E-state index contributed by atoms with van der Waals surface area (Å²) in [6.45, 7) is 0.960. The fourth-order valence-corrected chi connectivity index (χ4v) is 4.07. The number of fused-ring (bicyclic) bond motifs is 1. The molecule has 0 aliphatic carbocycles. The number of methoxy groups -OCH3 is 1. The molecule has 0 spiro atoms. The Morgan fingerprint density at radius 1 is 0.938 bits per heavy atom. The number of aromatic nitrogens is 2. The topological polar surface area (TPSA) is 47.0 Å². The van der Waals surface area contributed by atoms with Crippen molar-refractivity contribution in [2.75, 3.05) is 7.11 Å². The summed E-state index contributed by atoms with van der Waals surface area (Å²) in [5.74, 6) is 0.734. The Kier molecular flexibility index (Phi) is 6.62. The van der Waals surface area contributed by atoms with Gasteiger partial charge in [-0.3, -0.25) is 4.98 Å². The molecule has 164 valence electrons. The van der Waals surface area contributed by atoms with Gasteiger partial charge in [0.15, 0.2) is 0 Å². The van der Waals surface area contributed by atoms with Crippen molar-refractivity contribution >= 4 is 22.7 Å². The molecule has 0 aliphatic heterocycles. The number of alkyl halides is 3. The number of benzene rings is 2. The van der Waals surface area contributed by atoms with E-state index in [-0.39, 0.29) is 0 Å². The Labute approximate surface area is 187 Å². The summed E-state index contributed by atoms with van der Waals surface area (Å²) in [6.07, 6.45) is -0.867. The van der Waals surface area contributed by atoms with Crippen molar-refractivity contribution in [3.8, 4) is 5.75 Å². The molecule has 0 saturated heterocycles. The molecule has 2 aromatic heterocycles. The molecule has 0 saturated carbocycles. The van der Waals surface area contributed by atoms with E-state index in [1.54, 1.807) is 19.5 Å². The lowest BCUT2D eigenvalue weighted by atomic mass is 10.1. The van der Waals surface area contributed by atoms with Crippen LogP contribution in [0, 0.1) is 0 Å². The molecule has 1 N–H and O–H groups in total. The van der Waals surface area contributed by atoms with Crippen LogP contribution in [-0.2, 0) is 19.3 Å². The zero-order valence-electron chi connectivity index (χ0n) is 17.2. The van der Waals surface area contributed by atoms with Crippen LogP contribution < -0.4 is 10.1 Å². The highest BCUT2D eigenvalue weighted by Gasteiger charge is 2.29. The average molecular weight is 456 g/mol. The van der Waals surface area contributed by atoms with Gasteiger partial charge >= 0.3 is 6.18 Å². The Hall–Kier alpha value is -3.10. The zero-order valence-corrected chi connectivity index (χ0v) is 18.0. The number of halogens is 3. The van der Waals surface area contributed by atoms with Gasteiger partial charge in [-0.1, -0.05) is 23.9 Å². The van der Waals surface area contributed by atoms with Crippen molar-refractivity contribution in [2.45, 2.75) is 29.2 Å². The third-order valence-electron chi connectivity index (χ3n) is 4.85. The van der Waals surface area contributed by atoms with Crippen LogP contribution >= 0.6 is 11.8 Å². The van der Waals surface area contributed by atoms with Crippen LogP contribution in [0.4, 0.5) is 13.2 Å². The summed E-state index contributed by atoms with van der Waals surface area (Å²) in [6, 6.07) is 16.8. The minimum Gasteiger partial charge on any atom is -0.497 e. The van der Waals surface area contributed by atoms with Gasteiger partial charge < -0.3 is 10.1 Å². The maximum atomic E-state index is 12.8. The molecular weight excluding hydrogens is 435 g/mol. The molecule has 0 fully saturated rings. The van der Waals surface area contributed by atoms with Crippen LogP contribution in [0.3, 0.4) is 0 Å². The maximum Gasteiger partial charge on any atom is 0.416 e. The minimum absolute atomic E-state index is 0.443. The molecule has 0 radical (unpaired) electrons. The van der Waals surface area contributed by atoms with Gasteiger partial charge in [0.1, 0.15) is 10.8 Å². The van der Waals surface area contributed by atoms with Crippen molar-refractivity contribution in [3.63, 3.8) is 0 Å². The van der Waals surface area contributed by atoms with Crippen LogP contribution in [0.15, 0.2) is 83.0 Å². The van der Waals surface area contributed by atoms with Crippen molar-refractivity contribution in [1.29, 1.82) is 0 Å². The van der Waals surface area contributed by atoms with Crippen LogP contribution in [0.5, 0.6) is 5.75 Å². The van der Waals surface area contributed by atoms with E-state index >= 15 is 0 Å². The van der Waals surface area contributed by atoms with E-state index in [1.807, 2.05) is 30.3 Å². The van der Waals surface area contributed by atoms with E-state index in [2.05, 4.69) is 16.4 Å². The molecule has 0 unspecified atom stereocenters. The first-order valence-corrected chi connectivity index (χ1v) is 10.7. The van der Waals surface area contributed by atoms with Crippen LogP contribution in [0.2, 0.25) is 0 Å². The smallest absolute Gasteiger partial charge is 0.416 e. The standard InChI is InChI=1S/C24H20F3N3OS/c1-31-20-7-4-17-12-18(15-29-14-16-2-5-19(6-3-16)24(25,26)27)23(30-22(17)13-20)32-21-8-10-28-11-9-21/h2-13,29H,14-15H2,1H3. The van der Waals surface area contributed by atoms with Gasteiger partial charge in [-0.2, -0.15) is 13.2 Å². The summed E-state index contributed by atoms with van der Waals surface area (Å²) >= 11 is 1.54. The summed E-state index contributed by atoms with van der Waals surface area (Å²) in [5.41, 5.74) is 1.95. The Balaban J connectivity index is 1.55. The molecule has 4 rings (SSSR count). The van der Waals surface area contributed by atoms with Gasteiger partial charge in [0.2, 0.25) is 0 Å². The molecule has 0 amide bonds. The first-order valence-electron chi connectivity index (χ1n) is 9.85. The lowest BCUT2D eigenvalue weighted by Gasteiger charge is -2.13. The van der Waals surface area contributed by atoms with Gasteiger partial charge in [0.05, 0.1) is 18.2 Å². The highest BCUT2D eigenvalue weighted by molar-refractivity contribution is 7.99. The molecule has 0 aliphatic rings. The predicted octanol–water partition coefficient (Wildman–Crippen LogP) is 6.10. The SMILES string of the molecule is COc1ccc2cc(CNCc3ccc(C(F)(F)F)cc3)c(Sc3ccncc3)nc2c1. The fourth-order valence-electron chi connectivity index (χ4n) is 3.19. The van der Waals surface area contributed by atoms with Crippen LogP contribution in [0.1, 0.15) is 16.7 Å². The fraction of sp³-hybridized carbons (Fsp3) is 0.167. The lowest BCUT2D eigenvalue weighted by molar-refractivity contribution is -0.137. The van der Waals surface area contributed by atoms with E-state index in [4.69, 9.17) is 9.72 Å². The predicted molar refractivity (Wildman–Crippen MR) is 119 cm³/mol. The number of ether oxygens (including phenoxy) is 1. The summed E-state index contributed by atoms with van der Waals surface area (Å²) in [5, 5.41) is 5.14. The monoisotopic (exact) mass is 455 g/mol. The lowest BCUT2D eigenvalue weighted by Crippen LogP contribution is -2.14. The van der Waals surface area contributed by atoms with Gasteiger partial charge in [-0.25, -0.2) is 4.98 Å². The number of nitrogens with zero attached hydrogens (tertiary/aromatic N) is 2. The second-order valence-corrected chi connectivity index (χ2v) is 8.16. The van der Waals surface area contributed by atoms with Crippen molar-refractivity contribution in [1.82, 2.24) is 15.3 Å². The number of hydrogen-bond donors (Lipinski definition) is 1. The molecule has 4 aromatic rings. The number of nitrogens with one attached hydrogen (secondary N) is 1. The number of rotatable bonds is 7. The first kappa shape index (κ1) is 22.1. The molecule has 4 nitrogen and oxygen atoms in total. The van der Waals surface area contributed by atoms with Crippen molar-refractivity contribution in [3.05, 3.63) is 89.7 Å². The maximum absolute atomic E-state index is 12.8. The molecule has 0 atom stereocenters. The van der Waals surface area contributed by atoms with E-state index in [0.29, 0.717) is 13.1 Å². The van der Waals surface area contributed by atoms with Crippen molar-refractivity contribution < 1.29 is 17.9 Å². The first-order chi connectivity index (χ1) is 15.4. The third kappa shape index (κ3) is 5.38. The van der Waals surface area contributed by atoms with E-state index in [1.165, 1.54) is 23.9 Å². The van der Waals surface area contributed by atoms with E-state index < -0.39 is 11.7 Å². The molecule has 8 heteroatoms. The zero-order chi connectivity index (χ0) is 22.6. The van der Waals surface area contributed by atoms with Crippen LogP contribution in [0.25, 0.3) is 10.9 Å². The van der Waals surface area contributed by atoms with Gasteiger partial charge in [-0.15, -0.1) is 0 Å². The second kappa shape index (κ2) is 9.58. The van der Waals surface area contributed by atoms with Crippen molar-refractivity contribution in [2.24, 2.45) is 0 Å². The summed E-state index contributed by atoms with van der Waals surface area (Å²) < 4.78 is 43.6. The van der Waals surface area contributed by atoms with Gasteiger partial charge in [-0.05, 0) is 53.6 Å². The van der Waals surface area contributed by atoms with Crippen LogP contribution in [-0.4, -0.2) is 17.1 Å². The number of hydrogen-bond acceptors (Lipinski definition) is 5. The Morgan fingerprint density at radius 2 is 1.69 bits per heavy atom. The highest BCUT2D eigenvalue weighted by atomic mass is 32.2. The summed E-state index contributed by atoms with van der Waals surface area (Å²) in [4.78, 5) is 9.91. The number of pyridine rings is 2. The summed E-state index contributed by atoms with van der Waals surface area (Å²) in [7, 11) is 1.62. The molecule has 32 heavy (non-hydrogen) atoms. The Bertz CT molecular complexity index is 1200.